The van der Waals surface area contributed by atoms with E-state index in [1.165, 1.54) is 12.1 Å². The van der Waals surface area contributed by atoms with Crippen molar-refractivity contribution in [2.24, 2.45) is 17.4 Å². The molecule has 0 bridgehead atoms. The van der Waals surface area contributed by atoms with Crippen LogP contribution in [0, 0.1) is 5.92 Å². The highest BCUT2D eigenvalue weighted by Gasteiger charge is 2.31. The molecule has 4 unspecified atom stereocenters. The molecule has 0 aromatic heterocycles. The van der Waals surface area contributed by atoms with E-state index in [4.69, 9.17) is 16.6 Å². The average molecular weight is 482 g/mol. The molecule has 0 saturated heterocycles. The Morgan fingerprint density at radius 3 is 1.94 bits per heavy atom. The minimum Gasteiger partial charge on any atom is -0.508 e. The first-order valence-electron chi connectivity index (χ1n) is 10.4. The predicted octanol–water partition coefficient (Wildman–Crippen LogP) is -2.68. The van der Waals surface area contributed by atoms with Crippen molar-refractivity contribution in [3.05, 3.63) is 29.8 Å². The molecule has 1 aromatic carbocycles. The average Bonchev–Trinajstić information content (AvgIpc) is 2.75. The lowest BCUT2D eigenvalue weighted by atomic mass is 10.0. The Morgan fingerprint density at radius 2 is 1.47 bits per heavy atom. The van der Waals surface area contributed by atoms with Crippen molar-refractivity contribution < 1.29 is 39.3 Å². The number of phenolic OH excluding ortho intramolecular Hbond substituents is 1. The Labute approximate surface area is 195 Å². The molecule has 0 aliphatic carbocycles. The minimum atomic E-state index is -1.64. The number of carbonyl (C=O) groups is 5. The molecular formula is C21H31N5O8. The molecule has 0 heterocycles. The Morgan fingerprint density at radius 1 is 0.912 bits per heavy atom. The lowest BCUT2D eigenvalue weighted by molar-refractivity contribution is -0.144. The fraction of sp³-hybridized carbons (Fsp3) is 0.476. The quantitative estimate of drug-likeness (QED) is 0.146. The van der Waals surface area contributed by atoms with Crippen LogP contribution in [-0.4, -0.2) is 75.7 Å². The van der Waals surface area contributed by atoms with E-state index < -0.39 is 72.7 Å². The molecule has 0 aliphatic heterocycles. The first kappa shape index (κ1) is 28.3. The molecule has 34 heavy (non-hydrogen) atoms. The number of aliphatic hydroxyl groups excluding tert-OH is 1. The number of hydrogen-bond donors (Lipinski definition) is 8. The maximum Gasteiger partial charge on any atom is 0.326 e. The van der Waals surface area contributed by atoms with Crippen LogP contribution in [0.25, 0.3) is 0 Å². The number of nitrogens with one attached hydrogen (secondary N) is 3. The molecule has 0 aliphatic rings. The number of nitrogens with two attached hydrogens (primary N) is 2. The molecular weight excluding hydrogens is 450 g/mol. The van der Waals surface area contributed by atoms with Gasteiger partial charge in [0.1, 0.15) is 23.9 Å². The standard InChI is InChI=1S/C21H31N5O8/c1-10(2)17(26-18(30)13(22)7-11-3-5-12(28)6-4-11)20(32)25-15(9-27)19(31)24-14(21(33)34)8-16(23)29/h3-6,10,13-15,17,27-28H,7-9,22H2,1-2H3,(H2,23,29)(H,24,31)(H,25,32)(H,26,30)(H,33,34). The van der Waals surface area contributed by atoms with E-state index in [-0.39, 0.29) is 12.2 Å². The molecule has 0 radical (unpaired) electrons. The van der Waals surface area contributed by atoms with Crippen molar-refractivity contribution >= 4 is 29.6 Å². The fourth-order valence-electron chi connectivity index (χ4n) is 2.90. The maximum atomic E-state index is 12.7. The van der Waals surface area contributed by atoms with Gasteiger partial charge in [0.05, 0.1) is 19.1 Å². The van der Waals surface area contributed by atoms with E-state index in [1.807, 2.05) is 5.32 Å². The summed E-state index contributed by atoms with van der Waals surface area (Å²) >= 11 is 0. The highest BCUT2D eigenvalue weighted by Crippen LogP contribution is 2.11. The number of carbonyl (C=O) groups excluding carboxylic acids is 4. The summed E-state index contributed by atoms with van der Waals surface area (Å²) in [5.74, 6) is -5.37. The van der Waals surface area contributed by atoms with Crippen LogP contribution >= 0.6 is 0 Å². The zero-order chi connectivity index (χ0) is 26.0. The third-order valence-electron chi connectivity index (χ3n) is 4.81. The van der Waals surface area contributed by atoms with E-state index in [0.717, 1.165) is 0 Å². The Bertz CT molecular complexity index is 890. The van der Waals surface area contributed by atoms with Gasteiger partial charge in [-0.3, -0.25) is 19.2 Å². The van der Waals surface area contributed by atoms with Crippen LogP contribution in [0.4, 0.5) is 0 Å². The van der Waals surface area contributed by atoms with Gasteiger partial charge in [-0.05, 0) is 30.0 Å². The number of aromatic hydroxyl groups is 1. The fourth-order valence-corrected chi connectivity index (χ4v) is 2.90. The molecule has 13 heteroatoms. The van der Waals surface area contributed by atoms with Gasteiger partial charge in [-0.25, -0.2) is 4.79 Å². The van der Waals surface area contributed by atoms with Crippen LogP contribution in [0.3, 0.4) is 0 Å². The summed E-state index contributed by atoms with van der Waals surface area (Å²) in [7, 11) is 0. The van der Waals surface area contributed by atoms with E-state index in [2.05, 4.69) is 10.6 Å². The van der Waals surface area contributed by atoms with Crippen LogP contribution in [0.2, 0.25) is 0 Å². The molecule has 1 rings (SSSR count). The van der Waals surface area contributed by atoms with Gasteiger partial charge in [-0.2, -0.15) is 0 Å². The van der Waals surface area contributed by atoms with Gasteiger partial charge in [0.15, 0.2) is 0 Å². The van der Waals surface area contributed by atoms with Crippen LogP contribution in [0.5, 0.6) is 5.75 Å². The number of phenols is 1. The zero-order valence-corrected chi connectivity index (χ0v) is 18.9. The third-order valence-corrected chi connectivity index (χ3v) is 4.81. The van der Waals surface area contributed by atoms with Crippen molar-refractivity contribution in [1.82, 2.24) is 16.0 Å². The Kier molecular flexibility index (Phi) is 10.9. The summed E-state index contributed by atoms with van der Waals surface area (Å²) < 4.78 is 0. The zero-order valence-electron chi connectivity index (χ0n) is 18.9. The van der Waals surface area contributed by atoms with Gasteiger partial charge in [0, 0.05) is 0 Å². The van der Waals surface area contributed by atoms with Gasteiger partial charge in [0.25, 0.3) is 0 Å². The Balaban J connectivity index is 2.81. The molecule has 1 aromatic rings. The van der Waals surface area contributed by atoms with E-state index >= 15 is 0 Å². The number of carboxylic acids is 1. The molecule has 0 spiro atoms. The third kappa shape index (κ3) is 9.03. The second-order valence-corrected chi connectivity index (χ2v) is 8.02. The largest absolute Gasteiger partial charge is 0.508 e. The number of hydrogen-bond acceptors (Lipinski definition) is 8. The maximum absolute atomic E-state index is 12.7. The number of primary amides is 1. The van der Waals surface area contributed by atoms with Crippen LogP contribution in [0.1, 0.15) is 25.8 Å². The monoisotopic (exact) mass is 481 g/mol. The number of benzene rings is 1. The number of carboxylic acid groups (broad SMARTS) is 1. The summed E-state index contributed by atoms with van der Waals surface area (Å²) in [4.78, 5) is 59.8. The Hall–Kier alpha value is -3.71. The normalized spacial score (nSPS) is 14.4. The van der Waals surface area contributed by atoms with Crippen LogP contribution in [-0.2, 0) is 30.4 Å². The molecule has 13 nitrogen and oxygen atoms in total. The predicted molar refractivity (Wildman–Crippen MR) is 119 cm³/mol. The smallest absolute Gasteiger partial charge is 0.326 e. The SMILES string of the molecule is CC(C)C(NC(=O)C(N)Cc1ccc(O)cc1)C(=O)NC(CO)C(=O)NC(CC(N)=O)C(=O)O. The highest BCUT2D eigenvalue weighted by atomic mass is 16.4. The lowest BCUT2D eigenvalue weighted by Crippen LogP contribution is -2.59. The van der Waals surface area contributed by atoms with Crippen molar-refractivity contribution in [2.45, 2.75) is 50.9 Å². The van der Waals surface area contributed by atoms with E-state index in [1.54, 1.807) is 26.0 Å². The van der Waals surface area contributed by atoms with Gasteiger partial charge in [-0.1, -0.05) is 26.0 Å². The van der Waals surface area contributed by atoms with Crippen LogP contribution in [0.15, 0.2) is 24.3 Å². The summed E-state index contributed by atoms with van der Waals surface area (Å²) in [6, 6.07) is 0.762. The van der Waals surface area contributed by atoms with E-state index in [9.17, 15) is 34.2 Å². The van der Waals surface area contributed by atoms with Gasteiger partial charge < -0.3 is 42.7 Å². The molecule has 0 saturated carbocycles. The summed E-state index contributed by atoms with van der Waals surface area (Å²) in [5, 5.41) is 34.7. The summed E-state index contributed by atoms with van der Waals surface area (Å²) in [5.41, 5.74) is 11.6. The lowest BCUT2D eigenvalue weighted by Gasteiger charge is -2.26. The highest BCUT2D eigenvalue weighted by molar-refractivity contribution is 5.95. The summed E-state index contributed by atoms with van der Waals surface area (Å²) in [6.07, 6.45) is -0.548. The first-order chi connectivity index (χ1) is 15.8. The molecule has 4 amide bonds. The topological polar surface area (TPSA) is 234 Å². The van der Waals surface area contributed by atoms with Gasteiger partial charge in [0.2, 0.25) is 23.6 Å². The number of rotatable bonds is 13. The molecule has 10 N–H and O–H groups in total. The van der Waals surface area contributed by atoms with Gasteiger partial charge >= 0.3 is 5.97 Å². The van der Waals surface area contributed by atoms with E-state index in [0.29, 0.717) is 5.56 Å². The number of aliphatic carboxylic acids is 1. The minimum absolute atomic E-state index is 0.0603. The molecule has 188 valence electrons. The number of amides is 4. The van der Waals surface area contributed by atoms with Gasteiger partial charge in [-0.15, -0.1) is 0 Å². The summed E-state index contributed by atoms with van der Waals surface area (Å²) in [6.45, 7) is 2.40. The van der Waals surface area contributed by atoms with Crippen molar-refractivity contribution in [2.75, 3.05) is 6.61 Å². The first-order valence-corrected chi connectivity index (χ1v) is 10.4. The second kappa shape index (κ2) is 13.1. The van der Waals surface area contributed by atoms with Crippen LogP contribution < -0.4 is 27.4 Å². The second-order valence-electron chi connectivity index (χ2n) is 8.02. The van der Waals surface area contributed by atoms with Crippen molar-refractivity contribution in [3.8, 4) is 5.75 Å². The van der Waals surface area contributed by atoms with Crippen molar-refractivity contribution in [3.63, 3.8) is 0 Å². The molecule has 4 atom stereocenters. The molecule has 0 fully saturated rings. The number of aliphatic hydroxyl groups is 1. The van der Waals surface area contributed by atoms with Crippen molar-refractivity contribution in [1.29, 1.82) is 0 Å².